The van der Waals surface area contributed by atoms with Crippen LogP contribution in [0.25, 0.3) is 0 Å². The van der Waals surface area contributed by atoms with Crippen LogP contribution in [0.2, 0.25) is 0 Å². The second-order valence-electron chi connectivity index (χ2n) is 8.59. The smallest absolute Gasteiger partial charge is 0.475 e. The highest BCUT2D eigenvalue weighted by Crippen LogP contribution is 2.36. The van der Waals surface area contributed by atoms with Crippen molar-refractivity contribution in [3.8, 4) is 0 Å². The quantitative estimate of drug-likeness (QED) is 0.522. The number of hydrogen-bond donors (Lipinski definition) is 2. The molecule has 2 saturated heterocycles. The Hall–Kier alpha value is -2.45. The van der Waals surface area contributed by atoms with Crippen LogP contribution >= 0.6 is 0 Å². The van der Waals surface area contributed by atoms with E-state index in [1.807, 2.05) is 12.1 Å². The lowest BCUT2D eigenvalue weighted by molar-refractivity contribution is -0.193. The van der Waals surface area contributed by atoms with E-state index in [-0.39, 0.29) is 11.4 Å². The summed E-state index contributed by atoms with van der Waals surface area (Å²) in [6.45, 7) is 10.6. The molecule has 2 fully saturated rings. The molecule has 2 atom stereocenters. The van der Waals surface area contributed by atoms with Crippen molar-refractivity contribution in [3.05, 3.63) is 35.6 Å². The van der Waals surface area contributed by atoms with Crippen LogP contribution in [0, 0.1) is 5.82 Å². The number of rotatable bonds is 5. The first-order valence-electron chi connectivity index (χ1n) is 11.5. The van der Waals surface area contributed by atoms with Gasteiger partial charge in [-0.2, -0.15) is 26.3 Å². The van der Waals surface area contributed by atoms with Crippen LogP contribution in [-0.2, 0) is 20.9 Å². The number of carboxylic acids is 2. The third-order valence-electron chi connectivity index (χ3n) is 6.00. The van der Waals surface area contributed by atoms with E-state index in [0.717, 1.165) is 58.6 Å². The maximum Gasteiger partial charge on any atom is 0.490 e. The number of ether oxygens (including phenoxy) is 1. The predicted octanol–water partition coefficient (Wildman–Crippen LogP) is 4.56. The van der Waals surface area contributed by atoms with Crippen molar-refractivity contribution in [3.63, 3.8) is 0 Å². The molecule has 0 radical (unpaired) electrons. The molecule has 1 aromatic rings. The molecular formula is C23H31F7N2O5. The fourth-order valence-electron chi connectivity index (χ4n) is 4.25. The number of hydrogen-bond acceptors (Lipinski definition) is 5. The Morgan fingerprint density at radius 1 is 1.03 bits per heavy atom. The molecule has 0 aliphatic carbocycles. The summed E-state index contributed by atoms with van der Waals surface area (Å²) < 4.78 is 82.8. The largest absolute Gasteiger partial charge is 0.490 e. The Morgan fingerprint density at radius 2 is 1.51 bits per heavy atom. The fraction of sp³-hybridized carbons (Fsp3) is 0.652. The summed E-state index contributed by atoms with van der Waals surface area (Å²) >= 11 is 0. The van der Waals surface area contributed by atoms with Crippen molar-refractivity contribution >= 4 is 11.9 Å². The van der Waals surface area contributed by atoms with E-state index in [1.54, 1.807) is 12.1 Å². The highest BCUT2D eigenvalue weighted by molar-refractivity contribution is 5.73. The normalized spacial score (nSPS) is 22.2. The SMILES string of the molecule is CCN(CC)[C@H]1CCO[C@]2(CCN(Cc3ccc(F)cc3)C2)C1.O=C(O)C(F)(F)F.O=C(O)C(F)(F)F. The third kappa shape index (κ3) is 11.2. The summed E-state index contributed by atoms with van der Waals surface area (Å²) in [5, 5.41) is 14.2. The van der Waals surface area contributed by atoms with Gasteiger partial charge in [0.2, 0.25) is 0 Å². The van der Waals surface area contributed by atoms with Gasteiger partial charge in [0.1, 0.15) is 5.82 Å². The molecule has 3 rings (SSSR count). The number of alkyl halides is 6. The van der Waals surface area contributed by atoms with Gasteiger partial charge in [0.05, 0.1) is 5.60 Å². The van der Waals surface area contributed by atoms with Crippen LogP contribution < -0.4 is 0 Å². The van der Waals surface area contributed by atoms with Crippen molar-refractivity contribution in [2.75, 3.05) is 32.8 Å². The van der Waals surface area contributed by atoms with E-state index in [4.69, 9.17) is 24.5 Å². The van der Waals surface area contributed by atoms with E-state index in [2.05, 4.69) is 23.6 Å². The minimum Gasteiger partial charge on any atom is -0.475 e. The molecule has 1 aromatic carbocycles. The summed E-state index contributed by atoms with van der Waals surface area (Å²) in [7, 11) is 0. The van der Waals surface area contributed by atoms with Crippen molar-refractivity contribution in [1.82, 2.24) is 9.80 Å². The summed E-state index contributed by atoms with van der Waals surface area (Å²) in [5.41, 5.74) is 1.21. The van der Waals surface area contributed by atoms with Crippen LogP contribution in [0.4, 0.5) is 30.7 Å². The summed E-state index contributed by atoms with van der Waals surface area (Å²) in [4.78, 5) is 22.8. The van der Waals surface area contributed by atoms with E-state index in [0.29, 0.717) is 6.04 Å². The molecule has 2 aliphatic heterocycles. The minimum atomic E-state index is -5.08. The van der Waals surface area contributed by atoms with Crippen LogP contribution in [0.1, 0.15) is 38.7 Å². The lowest BCUT2D eigenvalue weighted by atomic mass is 9.88. The molecule has 2 aliphatic rings. The van der Waals surface area contributed by atoms with Crippen molar-refractivity contribution < 1.29 is 55.3 Å². The summed E-state index contributed by atoms with van der Waals surface area (Å²) in [6.07, 6.45) is -6.75. The molecule has 2 N–H and O–H groups in total. The first kappa shape index (κ1) is 32.6. The maximum atomic E-state index is 13.0. The number of benzene rings is 1. The third-order valence-corrected chi connectivity index (χ3v) is 6.00. The van der Waals surface area contributed by atoms with Gasteiger partial charge in [-0.15, -0.1) is 0 Å². The molecule has 212 valence electrons. The zero-order chi connectivity index (χ0) is 28.4. The lowest BCUT2D eigenvalue weighted by Gasteiger charge is -2.42. The zero-order valence-corrected chi connectivity index (χ0v) is 20.4. The molecule has 1 spiro atoms. The number of likely N-dealkylation sites (tertiary alicyclic amines) is 1. The second-order valence-corrected chi connectivity index (χ2v) is 8.59. The highest BCUT2D eigenvalue weighted by atomic mass is 19.4. The molecule has 2 heterocycles. The molecule has 0 unspecified atom stereocenters. The zero-order valence-electron chi connectivity index (χ0n) is 20.4. The summed E-state index contributed by atoms with van der Waals surface area (Å²) in [6, 6.07) is 7.54. The predicted molar refractivity (Wildman–Crippen MR) is 118 cm³/mol. The lowest BCUT2D eigenvalue weighted by Crippen LogP contribution is -2.50. The molecular weight excluding hydrogens is 517 g/mol. The van der Waals surface area contributed by atoms with Gasteiger partial charge in [-0.05, 0) is 50.0 Å². The highest BCUT2D eigenvalue weighted by Gasteiger charge is 2.44. The van der Waals surface area contributed by atoms with Crippen molar-refractivity contribution in [1.29, 1.82) is 0 Å². The Bertz CT molecular complexity index is 837. The number of carboxylic acid groups (broad SMARTS) is 2. The molecule has 7 nitrogen and oxygen atoms in total. The van der Waals surface area contributed by atoms with Crippen LogP contribution in [0.15, 0.2) is 24.3 Å². The Labute approximate surface area is 209 Å². The summed E-state index contributed by atoms with van der Waals surface area (Å²) in [5.74, 6) is -5.68. The van der Waals surface area contributed by atoms with Crippen molar-refractivity contribution in [2.24, 2.45) is 0 Å². The fourth-order valence-corrected chi connectivity index (χ4v) is 4.25. The maximum absolute atomic E-state index is 13.0. The molecule has 0 amide bonds. The first-order valence-corrected chi connectivity index (χ1v) is 11.5. The van der Waals surface area contributed by atoms with E-state index >= 15 is 0 Å². The second kappa shape index (κ2) is 13.9. The minimum absolute atomic E-state index is 0.0333. The van der Waals surface area contributed by atoms with Crippen molar-refractivity contribution in [2.45, 2.75) is 63.7 Å². The van der Waals surface area contributed by atoms with Gasteiger partial charge in [-0.3, -0.25) is 4.90 Å². The number of halogens is 7. The molecule has 14 heteroatoms. The van der Waals surface area contributed by atoms with Gasteiger partial charge in [0.25, 0.3) is 0 Å². The number of aliphatic carboxylic acids is 2. The van der Waals surface area contributed by atoms with Crippen LogP contribution in [-0.4, -0.2) is 88.7 Å². The number of carbonyl (C=O) groups is 2. The van der Waals surface area contributed by atoms with E-state index in [9.17, 15) is 30.7 Å². The standard InChI is InChI=1S/C19H29FN2O.2C2HF3O2/c1-3-22(4-2)18-9-12-23-19(13-18)10-11-21(15-19)14-16-5-7-17(20)8-6-16;2*3-2(4,5)1(6)7/h5-8,18H,3-4,9-15H2,1-2H3;2*(H,6,7)/t18-,19+;;/m0../s1. The van der Waals surface area contributed by atoms with Gasteiger partial charge in [0, 0.05) is 32.3 Å². The van der Waals surface area contributed by atoms with Gasteiger partial charge in [0.15, 0.2) is 0 Å². The average molecular weight is 548 g/mol. The van der Waals surface area contributed by atoms with E-state index < -0.39 is 24.3 Å². The van der Waals surface area contributed by atoms with Crippen LogP contribution in [0.5, 0.6) is 0 Å². The van der Waals surface area contributed by atoms with Gasteiger partial charge >= 0.3 is 24.3 Å². The first-order chi connectivity index (χ1) is 17.0. The Balaban J connectivity index is 0.000000404. The average Bonchev–Trinajstić information content (AvgIpc) is 3.17. The molecule has 0 aromatic heterocycles. The molecule has 0 saturated carbocycles. The topological polar surface area (TPSA) is 90.3 Å². The Morgan fingerprint density at radius 3 is 1.95 bits per heavy atom. The van der Waals surface area contributed by atoms with E-state index in [1.165, 1.54) is 5.56 Å². The number of nitrogens with zero attached hydrogens (tertiary/aromatic N) is 2. The van der Waals surface area contributed by atoms with Gasteiger partial charge < -0.3 is 19.8 Å². The molecule has 0 bridgehead atoms. The monoisotopic (exact) mass is 548 g/mol. The molecule has 37 heavy (non-hydrogen) atoms. The van der Waals surface area contributed by atoms with Crippen LogP contribution in [0.3, 0.4) is 0 Å². The van der Waals surface area contributed by atoms with Gasteiger partial charge in [-0.1, -0.05) is 26.0 Å². The van der Waals surface area contributed by atoms with Gasteiger partial charge in [-0.25, -0.2) is 14.0 Å². The Kier molecular flexibility index (Phi) is 12.2.